The zero-order valence-electron chi connectivity index (χ0n) is 20.1. The SMILES string of the molecule is Cl.[2H]C([2H])([2H])N(CC/C=C1\c2ccccc2COc2ccc(CC(=O)O)cc21)C([2H])([2H])[2H]. The summed E-state index contributed by atoms with van der Waals surface area (Å²) in [6.07, 6.45) is 1.82. The largest absolute Gasteiger partial charge is 0.488 e. The Labute approximate surface area is 168 Å². The molecule has 0 aromatic heterocycles. The maximum absolute atomic E-state index is 11.2. The second-order valence-corrected chi connectivity index (χ2v) is 5.90. The Bertz CT molecular complexity index is 990. The van der Waals surface area contributed by atoms with Crippen molar-refractivity contribution < 1.29 is 22.9 Å². The van der Waals surface area contributed by atoms with Crippen LogP contribution in [0.5, 0.6) is 5.75 Å². The average Bonchev–Trinajstić information content (AvgIpc) is 2.79. The molecule has 3 rings (SSSR count). The maximum Gasteiger partial charge on any atom is 0.307 e. The molecule has 0 atom stereocenters. The van der Waals surface area contributed by atoms with E-state index in [0.29, 0.717) is 28.4 Å². The van der Waals surface area contributed by atoms with Crippen LogP contribution in [0.3, 0.4) is 0 Å². The number of rotatable bonds is 5. The summed E-state index contributed by atoms with van der Waals surface area (Å²) in [5.74, 6) is -0.369. The van der Waals surface area contributed by atoms with E-state index in [4.69, 9.17) is 18.1 Å². The molecule has 1 N–H and O–H groups in total. The van der Waals surface area contributed by atoms with Crippen LogP contribution in [0.1, 0.15) is 36.9 Å². The highest BCUT2D eigenvalue weighted by atomic mass is 35.5. The van der Waals surface area contributed by atoms with E-state index in [2.05, 4.69) is 0 Å². The van der Waals surface area contributed by atoms with Gasteiger partial charge in [-0.1, -0.05) is 36.4 Å². The lowest BCUT2D eigenvalue weighted by Crippen LogP contribution is -2.12. The highest BCUT2D eigenvalue weighted by Gasteiger charge is 2.19. The lowest BCUT2D eigenvalue weighted by molar-refractivity contribution is -0.136. The molecule has 1 heterocycles. The molecule has 0 amide bonds. The summed E-state index contributed by atoms with van der Waals surface area (Å²) < 4.78 is 51.1. The molecule has 0 saturated carbocycles. The van der Waals surface area contributed by atoms with E-state index in [1.807, 2.05) is 24.3 Å². The zero-order valence-corrected chi connectivity index (χ0v) is 14.9. The van der Waals surface area contributed by atoms with Crippen molar-refractivity contribution in [2.75, 3.05) is 20.5 Å². The number of aliphatic carboxylic acids is 1. The van der Waals surface area contributed by atoms with Gasteiger partial charge in [-0.05, 0) is 54.8 Å². The molecule has 26 heavy (non-hydrogen) atoms. The summed E-state index contributed by atoms with van der Waals surface area (Å²) in [5, 5.41) is 9.15. The first-order valence-electron chi connectivity index (χ1n) is 11.0. The van der Waals surface area contributed by atoms with Crippen LogP contribution in [0.15, 0.2) is 48.5 Å². The Morgan fingerprint density at radius 1 is 1.27 bits per heavy atom. The minimum absolute atomic E-state index is 0. The standard InChI is InChI=1S/C21H23NO3.ClH/c1-22(2)11-5-8-18-17-7-4-3-6-16(17)14-25-20-10-9-15(12-19(18)20)13-21(23)24;/h3-4,6-10,12H,5,11,13-14H2,1-2H3,(H,23,24);1H/b18-8+;/i1D3,2D3;. The van der Waals surface area contributed by atoms with Crippen molar-refractivity contribution in [2.45, 2.75) is 19.4 Å². The Hall–Kier alpha value is -2.30. The van der Waals surface area contributed by atoms with Gasteiger partial charge in [0.05, 0.1) is 6.42 Å². The number of carboxylic acids is 1. The van der Waals surface area contributed by atoms with Crippen LogP contribution in [0.4, 0.5) is 0 Å². The van der Waals surface area contributed by atoms with Gasteiger partial charge in [-0.15, -0.1) is 12.4 Å². The van der Waals surface area contributed by atoms with Crippen LogP contribution in [0.25, 0.3) is 5.57 Å². The molecule has 4 nitrogen and oxygen atoms in total. The number of fused-ring (bicyclic) bond motifs is 2. The van der Waals surface area contributed by atoms with Gasteiger partial charge in [0, 0.05) is 20.3 Å². The van der Waals surface area contributed by atoms with Gasteiger partial charge in [-0.3, -0.25) is 4.79 Å². The minimum atomic E-state index is -2.75. The Kier molecular flexibility index (Phi) is 4.42. The van der Waals surface area contributed by atoms with Crippen LogP contribution in [0, 0.1) is 0 Å². The monoisotopic (exact) mass is 379 g/mol. The molecule has 0 radical (unpaired) electrons. The smallest absolute Gasteiger partial charge is 0.307 e. The van der Waals surface area contributed by atoms with Crippen LogP contribution in [-0.4, -0.2) is 36.5 Å². The van der Waals surface area contributed by atoms with Crippen molar-refractivity contribution in [1.82, 2.24) is 4.90 Å². The third kappa shape index (κ3) is 4.65. The fraction of sp³-hybridized carbons (Fsp3) is 0.286. The van der Waals surface area contributed by atoms with E-state index < -0.39 is 19.9 Å². The molecular weight excluding hydrogens is 350 g/mol. The van der Waals surface area contributed by atoms with E-state index in [1.165, 1.54) is 0 Å². The minimum Gasteiger partial charge on any atom is -0.488 e. The molecule has 0 aliphatic carbocycles. The average molecular weight is 380 g/mol. The number of hydrogen-bond acceptors (Lipinski definition) is 3. The molecule has 0 unspecified atom stereocenters. The van der Waals surface area contributed by atoms with Gasteiger partial charge < -0.3 is 14.7 Å². The summed E-state index contributed by atoms with van der Waals surface area (Å²) in [4.78, 5) is 11.7. The molecule has 0 bridgehead atoms. The number of nitrogens with zero attached hydrogens (tertiary/aromatic N) is 1. The molecule has 2 aromatic rings. The van der Waals surface area contributed by atoms with E-state index >= 15 is 0 Å². The quantitative estimate of drug-likeness (QED) is 0.852. The molecule has 0 saturated heterocycles. The summed E-state index contributed by atoms with van der Waals surface area (Å²) in [6.45, 7) is -5.36. The lowest BCUT2D eigenvalue weighted by Gasteiger charge is -2.13. The first-order valence-corrected chi connectivity index (χ1v) is 8.01. The molecule has 5 heteroatoms. The number of hydrogen-bond donors (Lipinski definition) is 1. The third-order valence-corrected chi connectivity index (χ3v) is 4.08. The molecule has 0 spiro atoms. The highest BCUT2D eigenvalue weighted by molar-refractivity contribution is 5.86. The third-order valence-electron chi connectivity index (χ3n) is 4.08. The summed E-state index contributed by atoms with van der Waals surface area (Å²) in [5.41, 5.74) is 3.85. The maximum atomic E-state index is 11.2. The zero-order chi connectivity index (χ0) is 22.8. The van der Waals surface area contributed by atoms with Gasteiger partial charge in [0.1, 0.15) is 12.4 Å². The number of ether oxygens (including phenoxy) is 1. The predicted octanol–water partition coefficient (Wildman–Crippen LogP) is 4.01. The van der Waals surface area contributed by atoms with Crippen molar-refractivity contribution in [2.24, 2.45) is 0 Å². The van der Waals surface area contributed by atoms with Crippen LogP contribution < -0.4 is 4.74 Å². The topological polar surface area (TPSA) is 49.8 Å². The number of carboxylic acid groups (broad SMARTS) is 1. The fourth-order valence-corrected chi connectivity index (χ4v) is 2.97. The molecule has 1 aliphatic rings. The Balaban J connectivity index is 0.00000363. The highest BCUT2D eigenvalue weighted by Crippen LogP contribution is 2.37. The predicted molar refractivity (Wildman–Crippen MR) is 106 cm³/mol. The van der Waals surface area contributed by atoms with Crippen molar-refractivity contribution in [3.8, 4) is 5.75 Å². The lowest BCUT2D eigenvalue weighted by atomic mass is 9.92. The van der Waals surface area contributed by atoms with Crippen molar-refractivity contribution in [1.29, 1.82) is 0 Å². The Morgan fingerprint density at radius 3 is 2.85 bits per heavy atom. The fourth-order valence-electron chi connectivity index (χ4n) is 2.97. The number of halogens is 1. The van der Waals surface area contributed by atoms with Crippen molar-refractivity contribution in [3.05, 3.63) is 70.8 Å². The van der Waals surface area contributed by atoms with Gasteiger partial charge in [-0.25, -0.2) is 0 Å². The van der Waals surface area contributed by atoms with Crippen LogP contribution in [0.2, 0.25) is 0 Å². The molecular formula is C21H24ClNO3. The van der Waals surface area contributed by atoms with Gasteiger partial charge in [0.15, 0.2) is 0 Å². The second kappa shape index (κ2) is 8.88. The van der Waals surface area contributed by atoms with E-state index in [1.54, 1.807) is 24.3 Å². The first kappa shape index (κ1) is 13.0. The van der Waals surface area contributed by atoms with Crippen LogP contribution >= 0.6 is 12.4 Å². The number of carbonyl (C=O) groups is 1. The Morgan fingerprint density at radius 2 is 2.08 bits per heavy atom. The molecule has 0 fully saturated rings. The van der Waals surface area contributed by atoms with Crippen molar-refractivity contribution >= 4 is 23.9 Å². The second-order valence-electron chi connectivity index (χ2n) is 5.90. The van der Waals surface area contributed by atoms with Gasteiger partial charge in [0.25, 0.3) is 0 Å². The summed E-state index contributed by atoms with van der Waals surface area (Å²) >= 11 is 0. The van der Waals surface area contributed by atoms with Crippen molar-refractivity contribution in [3.63, 3.8) is 0 Å². The number of benzene rings is 2. The van der Waals surface area contributed by atoms with Gasteiger partial charge in [-0.2, -0.15) is 0 Å². The summed E-state index contributed by atoms with van der Waals surface area (Å²) in [7, 11) is 0. The molecule has 1 aliphatic heterocycles. The summed E-state index contributed by atoms with van der Waals surface area (Å²) in [6, 6.07) is 12.8. The van der Waals surface area contributed by atoms with E-state index in [-0.39, 0.29) is 31.8 Å². The van der Waals surface area contributed by atoms with Gasteiger partial charge >= 0.3 is 5.97 Å². The van der Waals surface area contributed by atoms with E-state index in [9.17, 15) is 4.79 Å². The van der Waals surface area contributed by atoms with Gasteiger partial charge in [0.2, 0.25) is 0 Å². The molecule has 138 valence electrons. The van der Waals surface area contributed by atoms with Crippen LogP contribution in [-0.2, 0) is 17.8 Å². The normalized spacial score (nSPS) is 18.4. The first-order chi connectivity index (χ1) is 14.5. The van der Waals surface area contributed by atoms with E-state index in [0.717, 1.165) is 16.7 Å². The molecule has 2 aromatic carbocycles.